The molecule has 202 valence electrons. The van der Waals surface area contributed by atoms with Gasteiger partial charge < -0.3 is 20.3 Å². The Morgan fingerprint density at radius 3 is 2.68 bits per heavy atom. The van der Waals surface area contributed by atoms with Crippen LogP contribution in [-0.2, 0) is 20.9 Å². The molecule has 2 N–H and O–H groups in total. The standard InChI is InChI=1S/C25H28F2N6O5/c26-22(27)25(37)31-8-6-16(7-9-31)32-12-15(11-30-32)10-28-19-3-1-2-18-21(19)24(36)33(23(18)35)17-4-5-20(34)29-14-38-13-17/h1-3,11-12,16-17,22,28H,4-10,13-14H2,(H,29,34). The highest BCUT2D eigenvalue weighted by Crippen LogP contribution is 2.32. The molecule has 1 unspecified atom stereocenters. The fourth-order valence-electron chi connectivity index (χ4n) is 5.14. The maximum absolute atomic E-state index is 13.4. The second-order valence-corrected chi connectivity index (χ2v) is 9.56. The summed E-state index contributed by atoms with van der Waals surface area (Å²) in [5.74, 6) is -2.17. The monoisotopic (exact) mass is 530 g/mol. The number of hydrogen-bond acceptors (Lipinski definition) is 7. The van der Waals surface area contributed by atoms with Crippen molar-refractivity contribution in [2.24, 2.45) is 0 Å². The number of fused-ring (bicyclic) bond motifs is 1. The molecule has 5 rings (SSSR count). The van der Waals surface area contributed by atoms with Gasteiger partial charge in [-0.3, -0.25) is 28.8 Å². The highest BCUT2D eigenvalue weighted by Gasteiger charge is 2.42. The van der Waals surface area contributed by atoms with Crippen molar-refractivity contribution in [1.82, 2.24) is 24.9 Å². The Kier molecular flexibility index (Phi) is 7.36. The number of imide groups is 1. The molecule has 0 spiro atoms. The van der Waals surface area contributed by atoms with Crippen LogP contribution in [0.2, 0.25) is 0 Å². The maximum atomic E-state index is 13.4. The molecule has 0 radical (unpaired) electrons. The molecule has 0 aliphatic carbocycles. The highest BCUT2D eigenvalue weighted by atomic mass is 19.3. The molecule has 11 nitrogen and oxygen atoms in total. The zero-order valence-corrected chi connectivity index (χ0v) is 20.6. The lowest BCUT2D eigenvalue weighted by atomic mass is 10.1. The third-order valence-electron chi connectivity index (χ3n) is 7.17. The van der Waals surface area contributed by atoms with Crippen LogP contribution in [0.3, 0.4) is 0 Å². The summed E-state index contributed by atoms with van der Waals surface area (Å²) >= 11 is 0. The highest BCUT2D eigenvalue weighted by molar-refractivity contribution is 6.24. The van der Waals surface area contributed by atoms with E-state index in [2.05, 4.69) is 15.7 Å². The van der Waals surface area contributed by atoms with Gasteiger partial charge in [0.05, 0.1) is 36.0 Å². The number of benzene rings is 1. The summed E-state index contributed by atoms with van der Waals surface area (Å²) in [5, 5.41) is 10.2. The van der Waals surface area contributed by atoms with Crippen LogP contribution in [0.4, 0.5) is 14.5 Å². The molecule has 3 aliphatic rings. The quantitative estimate of drug-likeness (QED) is 0.546. The van der Waals surface area contributed by atoms with Crippen LogP contribution in [0.25, 0.3) is 0 Å². The number of alkyl halides is 2. The molecule has 0 saturated carbocycles. The number of amides is 4. The topological polar surface area (TPSA) is 126 Å². The molecule has 2 fully saturated rings. The first-order chi connectivity index (χ1) is 18.3. The number of nitrogens with one attached hydrogen (secondary N) is 2. The smallest absolute Gasteiger partial charge is 0.315 e. The molecular formula is C25H28F2N6O5. The second-order valence-electron chi connectivity index (χ2n) is 9.56. The Bertz CT molecular complexity index is 1240. The van der Waals surface area contributed by atoms with Crippen molar-refractivity contribution in [3.05, 3.63) is 47.3 Å². The normalized spacial score (nSPS) is 20.8. The first-order valence-electron chi connectivity index (χ1n) is 12.5. The van der Waals surface area contributed by atoms with Gasteiger partial charge in [0.25, 0.3) is 17.7 Å². The lowest BCUT2D eigenvalue weighted by molar-refractivity contribution is -0.144. The predicted octanol–water partition coefficient (Wildman–Crippen LogP) is 1.77. The van der Waals surface area contributed by atoms with E-state index in [4.69, 9.17) is 4.74 Å². The van der Waals surface area contributed by atoms with E-state index in [-0.39, 0.29) is 50.4 Å². The Labute approximate surface area is 217 Å². The fourth-order valence-corrected chi connectivity index (χ4v) is 5.14. The van der Waals surface area contributed by atoms with E-state index >= 15 is 0 Å². The number of anilines is 1. The summed E-state index contributed by atoms with van der Waals surface area (Å²) < 4.78 is 32.5. The molecule has 4 heterocycles. The van der Waals surface area contributed by atoms with E-state index in [0.717, 1.165) is 5.56 Å². The molecule has 3 aliphatic heterocycles. The van der Waals surface area contributed by atoms with Gasteiger partial charge in [-0.05, 0) is 31.4 Å². The van der Waals surface area contributed by atoms with Crippen molar-refractivity contribution in [3.63, 3.8) is 0 Å². The maximum Gasteiger partial charge on any atom is 0.315 e. The molecule has 2 saturated heterocycles. The predicted molar refractivity (Wildman–Crippen MR) is 129 cm³/mol. The zero-order valence-electron chi connectivity index (χ0n) is 20.6. The number of carbonyl (C=O) groups excluding carboxylic acids is 4. The summed E-state index contributed by atoms with van der Waals surface area (Å²) in [6.07, 6.45) is 2.10. The molecule has 2 aromatic rings. The van der Waals surface area contributed by atoms with Gasteiger partial charge in [-0.1, -0.05) is 6.07 Å². The summed E-state index contributed by atoms with van der Waals surface area (Å²) in [7, 11) is 0. The Hall–Kier alpha value is -3.87. The third kappa shape index (κ3) is 5.10. The zero-order chi connectivity index (χ0) is 26.8. The minimum Gasteiger partial charge on any atom is -0.380 e. The van der Waals surface area contributed by atoms with E-state index in [1.807, 2.05) is 6.20 Å². The van der Waals surface area contributed by atoms with Crippen LogP contribution in [-0.4, -0.2) is 82.1 Å². The second kappa shape index (κ2) is 10.9. The number of rotatable bonds is 6. The molecule has 1 aromatic carbocycles. The first kappa shape index (κ1) is 25.8. The van der Waals surface area contributed by atoms with E-state index in [0.29, 0.717) is 37.1 Å². The van der Waals surface area contributed by atoms with Crippen LogP contribution in [0, 0.1) is 0 Å². The van der Waals surface area contributed by atoms with Gasteiger partial charge in [0, 0.05) is 43.5 Å². The molecule has 1 aromatic heterocycles. The van der Waals surface area contributed by atoms with Gasteiger partial charge in [-0.25, -0.2) is 0 Å². The Morgan fingerprint density at radius 1 is 1.13 bits per heavy atom. The SMILES string of the molecule is O=C1CCC(N2C(=O)c3cccc(NCc4cnn(C5CCN(C(=O)C(F)F)CC5)c4)c3C2=O)COCN1. The van der Waals surface area contributed by atoms with E-state index in [1.54, 1.807) is 29.1 Å². The van der Waals surface area contributed by atoms with Crippen LogP contribution >= 0.6 is 0 Å². The lowest BCUT2D eigenvalue weighted by Gasteiger charge is -2.31. The largest absolute Gasteiger partial charge is 0.380 e. The first-order valence-corrected chi connectivity index (χ1v) is 12.5. The van der Waals surface area contributed by atoms with Gasteiger partial charge in [0.2, 0.25) is 5.91 Å². The van der Waals surface area contributed by atoms with Crippen LogP contribution < -0.4 is 10.6 Å². The molecular weight excluding hydrogens is 502 g/mol. The van der Waals surface area contributed by atoms with Crippen LogP contribution in [0.15, 0.2) is 30.6 Å². The average Bonchev–Trinajstić information content (AvgIpc) is 3.48. The summed E-state index contributed by atoms with van der Waals surface area (Å²) in [6.45, 7) is 1.02. The minimum absolute atomic E-state index is 0.00715. The van der Waals surface area contributed by atoms with Gasteiger partial charge in [0.15, 0.2) is 0 Å². The van der Waals surface area contributed by atoms with Crippen molar-refractivity contribution >= 4 is 29.3 Å². The number of nitrogens with zero attached hydrogens (tertiary/aromatic N) is 4. The Morgan fingerprint density at radius 2 is 1.92 bits per heavy atom. The fraction of sp³-hybridized carbons (Fsp3) is 0.480. The van der Waals surface area contributed by atoms with Gasteiger partial charge in [0.1, 0.15) is 6.73 Å². The molecule has 1 atom stereocenters. The number of carbonyl (C=O) groups is 4. The van der Waals surface area contributed by atoms with Crippen molar-refractivity contribution in [2.45, 2.75) is 50.7 Å². The average molecular weight is 531 g/mol. The van der Waals surface area contributed by atoms with Crippen molar-refractivity contribution < 1.29 is 32.7 Å². The van der Waals surface area contributed by atoms with Gasteiger partial charge in [-0.2, -0.15) is 13.9 Å². The van der Waals surface area contributed by atoms with Crippen molar-refractivity contribution in [1.29, 1.82) is 0 Å². The number of hydrogen-bond donors (Lipinski definition) is 2. The van der Waals surface area contributed by atoms with Crippen molar-refractivity contribution in [2.75, 3.05) is 31.7 Å². The molecule has 0 bridgehead atoms. The number of halogens is 2. The number of aromatic nitrogens is 2. The van der Waals surface area contributed by atoms with Crippen molar-refractivity contribution in [3.8, 4) is 0 Å². The number of piperidine rings is 1. The minimum atomic E-state index is -2.99. The van der Waals surface area contributed by atoms with Gasteiger partial charge >= 0.3 is 6.43 Å². The summed E-state index contributed by atoms with van der Waals surface area (Å²) in [4.78, 5) is 52.2. The van der Waals surface area contributed by atoms with Gasteiger partial charge in [-0.15, -0.1) is 0 Å². The molecule has 38 heavy (non-hydrogen) atoms. The third-order valence-corrected chi connectivity index (χ3v) is 7.17. The summed E-state index contributed by atoms with van der Waals surface area (Å²) in [5.41, 5.74) is 1.93. The number of ether oxygens (including phenoxy) is 1. The molecule has 13 heteroatoms. The van der Waals surface area contributed by atoms with E-state index in [1.165, 1.54) is 9.80 Å². The van der Waals surface area contributed by atoms with E-state index in [9.17, 15) is 28.0 Å². The van der Waals surface area contributed by atoms with Crippen LogP contribution in [0.1, 0.15) is 58.0 Å². The van der Waals surface area contributed by atoms with Crippen LogP contribution in [0.5, 0.6) is 0 Å². The molecule has 4 amide bonds. The number of likely N-dealkylation sites (tertiary alicyclic amines) is 1. The lowest BCUT2D eigenvalue weighted by Crippen LogP contribution is -2.45. The van der Waals surface area contributed by atoms with E-state index < -0.39 is 30.2 Å². The Balaban J connectivity index is 1.23. The summed E-state index contributed by atoms with van der Waals surface area (Å²) in [6, 6.07) is 4.50.